The lowest BCUT2D eigenvalue weighted by Gasteiger charge is -2.24. The number of hydrogen-bond acceptors (Lipinski definition) is 2. The lowest BCUT2D eigenvalue weighted by Crippen LogP contribution is -2.27. The molecule has 1 aliphatic rings. The maximum absolute atomic E-state index is 5.74. The second-order valence-corrected chi connectivity index (χ2v) is 6.26. The average Bonchev–Trinajstić information content (AvgIpc) is 3.07. The molecule has 2 nitrogen and oxygen atoms in total. The second-order valence-electron chi connectivity index (χ2n) is 5.41. The number of nitrogens with one attached hydrogen (secondary N) is 1. The molecule has 3 heteroatoms. The molecule has 0 saturated heterocycles. The lowest BCUT2D eigenvalue weighted by atomic mass is 9.91. The average molecular weight is 334 g/mol. The molecule has 2 atom stereocenters. The van der Waals surface area contributed by atoms with Gasteiger partial charge in [0, 0.05) is 5.92 Å². The van der Waals surface area contributed by atoms with E-state index in [1.165, 1.54) is 24.0 Å². The Bertz CT molecular complexity index is 578. The van der Waals surface area contributed by atoms with Crippen LogP contribution in [0.3, 0.4) is 0 Å². The van der Waals surface area contributed by atoms with Crippen LogP contribution >= 0.6 is 15.9 Å². The molecule has 1 heterocycles. The van der Waals surface area contributed by atoms with Crippen molar-refractivity contribution >= 4 is 15.9 Å². The van der Waals surface area contributed by atoms with E-state index in [2.05, 4.69) is 52.4 Å². The number of hydrogen-bond donors (Lipinski definition) is 1. The van der Waals surface area contributed by atoms with Crippen LogP contribution < -0.4 is 5.32 Å². The summed E-state index contributed by atoms with van der Waals surface area (Å²) < 4.78 is 6.81. The minimum Gasteiger partial charge on any atom is -0.466 e. The maximum atomic E-state index is 5.74. The number of fused-ring (bicyclic) bond motifs is 1. The first-order valence-corrected chi connectivity index (χ1v) is 8.14. The Morgan fingerprint density at radius 1 is 1.35 bits per heavy atom. The van der Waals surface area contributed by atoms with Crippen molar-refractivity contribution in [3.05, 3.63) is 58.0 Å². The highest BCUT2D eigenvalue weighted by atomic mass is 79.9. The zero-order valence-electron chi connectivity index (χ0n) is 11.7. The zero-order valence-corrected chi connectivity index (χ0v) is 13.3. The molecule has 0 radical (unpaired) electrons. The van der Waals surface area contributed by atoms with Crippen LogP contribution in [0.25, 0.3) is 0 Å². The Balaban J connectivity index is 1.93. The Hall–Kier alpha value is -1.06. The fourth-order valence-electron chi connectivity index (χ4n) is 3.18. The van der Waals surface area contributed by atoms with Gasteiger partial charge in [-0.25, -0.2) is 0 Å². The normalized spacial score (nSPS) is 19.0. The van der Waals surface area contributed by atoms with Gasteiger partial charge in [-0.3, -0.25) is 0 Å². The van der Waals surface area contributed by atoms with Crippen LogP contribution in [-0.4, -0.2) is 6.54 Å². The van der Waals surface area contributed by atoms with E-state index in [0.29, 0.717) is 5.92 Å². The summed E-state index contributed by atoms with van der Waals surface area (Å²) in [6, 6.07) is 11.0. The summed E-state index contributed by atoms with van der Waals surface area (Å²) in [5, 5.41) is 3.67. The van der Waals surface area contributed by atoms with E-state index in [-0.39, 0.29) is 6.04 Å². The van der Waals surface area contributed by atoms with E-state index in [1.54, 1.807) is 6.26 Å². The minimum absolute atomic E-state index is 0.253. The molecule has 1 aromatic heterocycles. The predicted octanol–water partition coefficient (Wildman–Crippen LogP) is 4.81. The molecule has 106 valence electrons. The SMILES string of the molecule is CCCNC(c1occc1Br)C1CCc2ccccc21. The number of benzene rings is 1. The monoisotopic (exact) mass is 333 g/mol. The van der Waals surface area contributed by atoms with Gasteiger partial charge in [-0.2, -0.15) is 0 Å². The third-order valence-corrected chi connectivity index (χ3v) is 4.78. The predicted molar refractivity (Wildman–Crippen MR) is 84.9 cm³/mol. The van der Waals surface area contributed by atoms with Crippen molar-refractivity contribution in [3.63, 3.8) is 0 Å². The Morgan fingerprint density at radius 3 is 2.95 bits per heavy atom. The van der Waals surface area contributed by atoms with Crippen molar-refractivity contribution in [1.82, 2.24) is 5.32 Å². The standard InChI is InChI=1S/C17H20BrNO/c1-2-10-19-16(17-15(18)9-11-20-17)14-8-7-12-5-3-4-6-13(12)14/h3-6,9,11,14,16,19H,2,7-8,10H2,1H3. The first kappa shape index (κ1) is 13.9. The van der Waals surface area contributed by atoms with Crippen LogP contribution in [0.15, 0.2) is 45.5 Å². The fourth-order valence-corrected chi connectivity index (χ4v) is 3.63. The van der Waals surface area contributed by atoms with Crippen molar-refractivity contribution in [3.8, 4) is 0 Å². The number of halogens is 1. The van der Waals surface area contributed by atoms with Crippen LogP contribution in [-0.2, 0) is 6.42 Å². The first-order valence-electron chi connectivity index (χ1n) is 7.35. The fraction of sp³-hybridized carbons (Fsp3) is 0.412. The van der Waals surface area contributed by atoms with Crippen molar-refractivity contribution in [2.75, 3.05) is 6.54 Å². The van der Waals surface area contributed by atoms with Crippen molar-refractivity contribution in [2.24, 2.45) is 0 Å². The molecule has 2 unspecified atom stereocenters. The molecule has 0 saturated carbocycles. The molecule has 20 heavy (non-hydrogen) atoms. The van der Waals surface area contributed by atoms with Crippen LogP contribution in [0.1, 0.15) is 48.6 Å². The van der Waals surface area contributed by atoms with Gasteiger partial charge in [-0.15, -0.1) is 0 Å². The van der Waals surface area contributed by atoms with Crippen molar-refractivity contribution < 1.29 is 4.42 Å². The van der Waals surface area contributed by atoms with Gasteiger partial charge in [0.1, 0.15) is 5.76 Å². The largest absolute Gasteiger partial charge is 0.466 e. The highest BCUT2D eigenvalue weighted by molar-refractivity contribution is 9.10. The van der Waals surface area contributed by atoms with Gasteiger partial charge >= 0.3 is 0 Å². The van der Waals surface area contributed by atoms with E-state index < -0.39 is 0 Å². The number of rotatable bonds is 5. The summed E-state index contributed by atoms with van der Waals surface area (Å²) in [5.74, 6) is 1.53. The Labute approximate surface area is 128 Å². The van der Waals surface area contributed by atoms with Crippen LogP contribution in [0.2, 0.25) is 0 Å². The van der Waals surface area contributed by atoms with Crippen molar-refractivity contribution in [2.45, 2.75) is 38.1 Å². The number of furan rings is 1. The molecular weight excluding hydrogens is 314 g/mol. The molecule has 1 aromatic carbocycles. The maximum Gasteiger partial charge on any atom is 0.135 e. The van der Waals surface area contributed by atoms with Gasteiger partial charge in [0.15, 0.2) is 0 Å². The first-order chi connectivity index (χ1) is 9.81. The van der Waals surface area contributed by atoms with Crippen molar-refractivity contribution in [1.29, 1.82) is 0 Å². The second kappa shape index (κ2) is 6.15. The Kier molecular flexibility index (Phi) is 4.27. The summed E-state index contributed by atoms with van der Waals surface area (Å²) >= 11 is 3.61. The van der Waals surface area contributed by atoms with Gasteiger partial charge in [0.2, 0.25) is 0 Å². The highest BCUT2D eigenvalue weighted by Crippen LogP contribution is 2.43. The van der Waals surface area contributed by atoms with E-state index in [9.17, 15) is 0 Å². The van der Waals surface area contributed by atoms with Gasteiger partial charge in [0.05, 0.1) is 16.8 Å². The molecule has 0 aliphatic heterocycles. The zero-order chi connectivity index (χ0) is 13.9. The quantitative estimate of drug-likeness (QED) is 0.849. The molecule has 1 N–H and O–H groups in total. The Morgan fingerprint density at radius 2 is 2.20 bits per heavy atom. The minimum atomic E-state index is 0.253. The molecule has 0 spiro atoms. The molecule has 0 fully saturated rings. The molecule has 0 amide bonds. The van der Waals surface area contributed by atoms with Crippen LogP contribution in [0.5, 0.6) is 0 Å². The van der Waals surface area contributed by atoms with E-state index in [1.807, 2.05) is 6.07 Å². The molecule has 2 aromatic rings. The molecule has 1 aliphatic carbocycles. The van der Waals surface area contributed by atoms with Crippen LogP contribution in [0.4, 0.5) is 0 Å². The third kappa shape index (κ3) is 2.57. The van der Waals surface area contributed by atoms with E-state index in [4.69, 9.17) is 4.42 Å². The van der Waals surface area contributed by atoms with Gasteiger partial charge < -0.3 is 9.73 Å². The summed E-state index contributed by atoms with van der Waals surface area (Å²) in [4.78, 5) is 0. The topological polar surface area (TPSA) is 25.2 Å². The van der Waals surface area contributed by atoms with E-state index >= 15 is 0 Å². The van der Waals surface area contributed by atoms with E-state index in [0.717, 1.165) is 23.2 Å². The van der Waals surface area contributed by atoms with Gasteiger partial charge in [0.25, 0.3) is 0 Å². The molecule has 0 bridgehead atoms. The smallest absolute Gasteiger partial charge is 0.135 e. The summed E-state index contributed by atoms with van der Waals surface area (Å²) in [6.45, 7) is 3.21. The summed E-state index contributed by atoms with van der Waals surface area (Å²) in [7, 11) is 0. The molecular formula is C17H20BrNO. The lowest BCUT2D eigenvalue weighted by molar-refractivity contribution is 0.361. The van der Waals surface area contributed by atoms with Gasteiger partial charge in [-0.1, -0.05) is 31.2 Å². The highest BCUT2D eigenvalue weighted by Gasteiger charge is 2.32. The summed E-state index contributed by atoms with van der Waals surface area (Å²) in [6.07, 6.45) is 5.25. The third-order valence-electron chi connectivity index (χ3n) is 4.12. The molecule has 3 rings (SSSR count). The number of aryl methyl sites for hydroxylation is 1. The van der Waals surface area contributed by atoms with Gasteiger partial charge in [-0.05, 0) is 58.9 Å². The van der Waals surface area contributed by atoms with Crippen LogP contribution in [0, 0.1) is 0 Å². The summed E-state index contributed by atoms with van der Waals surface area (Å²) in [5.41, 5.74) is 2.97.